The van der Waals surface area contributed by atoms with Gasteiger partial charge in [0.25, 0.3) is 0 Å². The van der Waals surface area contributed by atoms with E-state index in [2.05, 4.69) is 21.1 Å². The monoisotopic (exact) mass is 302 g/mol. The average Bonchev–Trinajstić information content (AvgIpc) is 3.15. The standard InChI is InChI=1S/C15H18N4OS/c1-3-4-7-15(17-18-15)8-5-14(20)19-9-6-13-12(10-19)16-11(2)21-13/h1H,4-10H2,2H3. The van der Waals surface area contributed by atoms with Crippen molar-refractivity contribution >= 4 is 17.2 Å². The Bertz CT molecular complexity index is 622. The predicted octanol–water partition coefficient (Wildman–Crippen LogP) is 2.69. The highest BCUT2D eigenvalue weighted by atomic mass is 32.1. The summed E-state index contributed by atoms with van der Waals surface area (Å²) in [6.07, 6.45) is 8.76. The zero-order valence-corrected chi connectivity index (χ0v) is 12.9. The molecule has 0 atom stereocenters. The number of rotatable bonds is 5. The zero-order chi connectivity index (χ0) is 14.9. The Morgan fingerprint density at radius 2 is 2.29 bits per heavy atom. The molecular weight excluding hydrogens is 284 g/mol. The predicted molar refractivity (Wildman–Crippen MR) is 80.9 cm³/mol. The molecule has 0 N–H and O–H groups in total. The first-order valence-electron chi connectivity index (χ1n) is 7.22. The van der Waals surface area contributed by atoms with Gasteiger partial charge in [-0.05, 0) is 6.92 Å². The smallest absolute Gasteiger partial charge is 0.223 e. The number of amides is 1. The second-order valence-corrected chi connectivity index (χ2v) is 6.84. The molecule has 0 fully saturated rings. The van der Waals surface area contributed by atoms with Crippen LogP contribution in [0.15, 0.2) is 10.2 Å². The molecule has 0 saturated carbocycles. The molecule has 6 heteroatoms. The van der Waals surface area contributed by atoms with Crippen molar-refractivity contribution in [2.24, 2.45) is 10.2 Å². The first kappa shape index (κ1) is 14.2. The highest BCUT2D eigenvalue weighted by Gasteiger charge is 2.39. The molecular formula is C15H18N4OS. The van der Waals surface area contributed by atoms with E-state index < -0.39 is 0 Å². The first-order valence-corrected chi connectivity index (χ1v) is 8.04. The Labute approximate surface area is 128 Å². The molecule has 0 aromatic carbocycles. The number of carbonyl (C=O) groups excluding carboxylic acids is 1. The van der Waals surface area contributed by atoms with E-state index >= 15 is 0 Å². The number of thiazole rings is 1. The van der Waals surface area contributed by atoms with E-state index in [0.29, 0.717) is 25.8 Å². The SMILES string of the molecule is C#CCCC1(CCC(=O)N2CCc3sc(C)nc3C2)N=N1. The number of aryl methyl sites for hydroxylation is 1. The van der Waals surface area contributed by atoms with E-state index in [-0.39, 0.29) is 11.6 Å². The summed E-state index contributed by atoms with van der Waals surface area (Å²) < 4.78 is 0. The molecule has 21 heavy (non-hydrogen) atoms. The van der Waals surface area contributed by atoms with Crippen molar-refractivity contribution in [1.29, 1.82) is 0 Å². The maximum Gasteiger partial charge on any atom is 0.223 e. The normalized spacial score (nSPS) is 18.2. The van der Waals surface area contributed by atoms with Crippen LogP contribution in [0.4, 0.5) is 0 Å². The van der Waals surface area contributed by atoms with Gasteiger partial charge in [-0.3, -0.25) is 4.79 Å². The fourth-order valence-corrected chi connectivity index (χ4v) is 3.61. The van der Waals surface area contributed by atoms with E-state index in [1.54, 1.807) is 11.3 Å². The van der Waals surface area contributed by atoms with Gasteiger partial charge in [-0.25, -0.2) is 4.98 Å². The summed E-state index contributed by atoms with van der Waals surface area (Å²) >= 11 is 1.74. The molecule has 0 radical (unpaired) electrons. The van der Waals surface area contributed by atoms with Gasteiger partial charge in [0.15, 0.2) is 5.66 Å². The molecule has 1 aromatic heterocycles. The number of fused-ring (bicyclic) bond motifs is 1. The van der Waals surface area contributed by atoms with Gasteiger partial charge < -0.3 is 4.90 Å². The van der Waals surface area contributed by atoms with Crippen LogP contribution in [0.2, 0.25) is 0 Å². The molecule has 0 aliphatic carbocycles. The second-order valence-electron chi connectivity index (χ2n) is 5.55. The lowest BCUT2D eigenvalue weighted by atomic mass is 10.0. The summed E-state index contributed by atoms with van der Waals surface area (Å²) in [5.41, 5.74) is 0.708. The fraction of sp³-hybridized carbons (Fsp3) is 0.600. The van der Waals surface area contributed by atoms with Crippen LogP contribution in [0.3, 0.4) is 0 Å². The topological polar surface area (TPSA) is 57.9 Å². The minimum absolute atomic E-state index is 0.170. The molecule has 3 rings (SSSR count). The lowest BCUT2D eigenvalue weighted by Gasteiger charge is -2.26. The number of hydrogen-bond donors (Lipinski definition) is 0. The highest BCUT2D eigenvalue weighted by molar-refractivity contribution is 7.11. The van der Waals surface area contributed by atoms with Gasteiger partial charge in [-0.2, -0.15) is 10.2 Å². The van der Waals surface area contributed by atoms with Gasteiger partial charge >= 0.3 is 0 Å². The van der Waals surface area contributed by atoms with Crippen molar-refractivity contribution in [2.75, 3.05) is 6.54 Å². The second kappa shape index (κ2) is 5.57. The quantitative estimate of drug-likeness (QED) is 0.785. The van der Waals surface area contributed by atoms with E-state index in [0.717, 1.165) is 30.1 Å². The van der Waals surface area contributed by atoms with E-state index in [4.69, 9.17) is 6.42 Å². The van der Waals surface area contributed by atoms with Crippen molar-refractivity contribution in [1.82, 2.24) is 9.88 Å². The van der Waals surface area contributed by atoms with E-state index in [9.17, 15) is 4.79 Å². The van der Waals surface area contributed by atoms with Crippen molar-refractivity contribution in [3.05, 3.63) is 15.6 Å². The summed E-state index contributed by atoms with van der Waals surface area (Å²) in [7, 11) is 0. The molecule has 110 valence electrons. The van der Waals surface area contributed by atoms with E-state index in [1.807, 2.05) is 11.8 Å². The van der Waals surface area contributed by atoms with Crippen molar-refractivity contribution in [3.63, 3.8) is 0 Å². The molecule has 0 unspecified atom stereocenters. The van der Waals surface area contributed by atoms with Crippen molar-refractivity contribution < 1.29 is 4.79 Å². The lowest BCUT2D eigenvalue weighted by molar-refractivity contribution is -0.132. The number of hydrogen-bond acceptors (Lipinski definition) is 5. The van der Waals surface area contributed by atoms with Crippen LogP contribution in [0.1, 0.15) is 41.3 Å². The Balaban J connectivity index is 1.52. The molecule has 2 aliphatic rings. The largest absolute Gasteiger partial charge is 0.336 e. The molecule has 2 aliphatic heterocycles. The van der Waals surface area contributed by atoms with Crippen LogP contribution < -0.4 is 0 Å². The first-order chi connectivity index (χ1) is 10.1. The number of aromatic nitrogens is 1. The molecule has 0 spiro atoms. The summed E-state index contributed by atoms with van der Waals surface area (Å²) in [6, 6.07) is 0. The average molecular weight is 302 g/mol. The van der Waals surface area contributed by atoms with Gasteiger partial charge in [0, 0.05) is 43.5 Å². The van der Waals surface area contributed by atoms with Gasteiger partial charge in [-0.15, -0.1) is 23.7 Å². The van der Waals surface area contributed by atoms with E-state index in [1.165, 1.54) is 4.88 Å². The Kier molecular flexibility index (Phi) is 3.77. The van der Waals surface area contributed by atoms with Gasteiger partial charge in [0.05, 0.1) is 17.2 Å². The van der Waals surface area contributed by atoms with Crippen molar-refractivity contribution in [3.8, 4) is 12.3 Å². The number of terminal acetylenes is 1. The Morgan fingerprint density at radius 3 is 3.00 bits per heavy atom. The summed E-state index contributed by atoms with van der Waals surface area (Å²) in [5.74, 6) is 2.78. The molecule has 1 amide bonds. The van der Waals surface area contributed by atoms with Gasteiger partial charge in [0.1, 0.15) is 0 Å². The van der Waals surface area contributed by atoms with Crippen molar-refractivity contribution in [2.45, 2.75) is 51.2 Å². The third-order valence-corrected chi connectivity index (χ3v) is 5.05. The molecule has 1 aromatic rings. The summed E-state index contributed by atoms with van der Waals surface area (Å²) in [5, 5.41) is 9.23. The number of nitrogens with zero attached hydrogens (tertiary/aromatic N) is 4. The van der Waals surface area contributed by atoms with Crippen LogP contribution in [0.25, 0.3) is 0 Å². The van der Waals surface area contributed by atoms with Crippen LogP contribution in [-0.2, 0) is 17.8 Å². The molecule has 5 nitrogen and oxygen atoms in total. The lowest BCUT2D eigenvalue weighted by Crippen LogP contribution is -2.36. The van der Waals surface area contributed by atoms with Crippen LogP contribution in [0, 0.1) is 19.3 Å². The minimum atomic E-state index is -0.361. The van der Waals surface area contributed by atoms with Gasteiger partial charge in [0.2, 0.25) is 5.91 Å². The fourth-order valence-electron chi connectivity index (χ4n) is 2.67. The van der Waals surface area contributed by atoms with Gasteiger partial charge in [-0.1, -0.05) is 0 Å². The molecule has 0 bridgehead atoms. The highest BCUT2D eigenvalue weighted by Crippen LogP contribution is 2.38. The van der Waals surface area contributed by atoms with Crippen LogP contribution in [-0.4, -0.2) is 28.0 Å². The third kappa shape index (κ3) is 3.13. The number of carbonyl (C=O) groups is 1. The van der Waals surface area contributed by atoms with Crippen LogP contribution >= 0.6 is 11.3 Å². The maximum absolute atomic E-state index is 12.3. The minimum Gasteiger partial charge on any atom is -0.336 e. The summed E-state index contributed by atoms with van der Waals surface area (Å²) in [6.45, 7) is 3.45. The Hall–Kier alpha value is -1.74. The molecule has 3 heterocycles. The van der Waals surface area contributed by atoms with Crippen LogP contribution in [0.5, 0.6) is 0 Å². The molecule has 0 saturated heterocycles. The zero-order valence-electron chi connectivity index (χ0n) is 12.1. The summed E-state index contributed by atoms with van der Waals surface area (Å²) in [4.78, 5) is 20.1. The maximum atomic E-state index is 12.3. The Morgan fingerprint density at radius 1 is 1.48 bits per heavy atom. The third-order valence-electron chi connectivity index (χ3n) is 3.98.